The van der Waals surface area contributed by atoms with Crippen LogP contribution >= 0.6 is 11.8 Å². The van der Waals surface area contributed by atoms with Gasteiger partial charge in [0, 0.05) is 11.9 Å². The Morgan fingerprint density at radius 3 is 2.37 bits per heavy atom. The Bertz CT molecular complexity index is 895. The lowest BCUT2D eigenvalue weighted by atomic mass is 10.2. The highest BCUT2D eigenvalue weighted by Crippen LogP contribution is 2.18. The third kappa shape index (κ3) is 5.81. The Balaban J connectivity index is 1.94. The molecule has 1 N–H and O–H groups in total. The van der Waals surface area contributed by atoms with E-state index in [-0.39, 0.29) is 11.4 Å². The lowest BCUT2D eigenvalue weighted by Gasteiger charge is -2.16. The fourth-order valence-corrected chi connectivity index (χ4v) is 3.65. The molecular weight excluding hydrogens is 386 g/mol. The van der Waals surface area contributed by atoms with Crippen molar-refractivity contribution in [2.75, 3.05) is 27.0 Å². The number of ether oxygens (including phenoxy) is 1. The molecule has 9 heteroatoms. The minimum atomic E-state index is -3.78. The highest BCUT2D eigenvalue weighted by atomic mass is 32.2. The Morgan fingerprint density at radius 2 is 1.81 bits per heavy atom. The Morgan fingerprint density at radius 1 is 1.19 bits per heavy atom. The molecule has 0 fully saturated rings. The minimum absolute atomic E-state index is 0.0796. The first kappa shape index (κ1) is 20.9. The molecule has 0 aliphatic carbocycles. The van der Waals surface area contributed by atoms with Crippen LogP contribution in [0.3, 0.4) is 0 Å². The zero-order valence-electron chi connectivity index (χ0n) is 15.2. The van der Waals surface area contributed by atoms with Crippen molar-refractivity contribution in [2.45, 2.75) is 9.79 Å². The molecule has 0 aliphatic heterocycles. The maximum atomic E-state index is 12.5. The summed E-state index contributed by atoms with van der Waals surface area (Å²) >= 11 is 1.63. The van der Waals surface area contributed by atoms with E-state index in [1.54, 1.807) is 23.9 Å². The van der Waals surface area contributed by atoms with Gasteiger partial charge in [0.15, 0.2) is 0 Å². The van der Waals surface area contributed by atoms with Crippen LogP contribution in [-0.4, -0.2) is 51.8 Å². The third-order valence-electron chi connectivity index (χ3n) is 3.65. The van der Waals surface area contributed by atoms with E-state index in [0.717, 1.165) is 14.8 Å². The third-order valence-corrected chi connectivity index (χ3v) is 6.21. The van der Waals surface area contributed by atoms with Gasteiger partial charge in [-0.2, -0.15) is 9.41 Å². The van der Waals surface area contributed by atoms with Crippen molar-refractivity contribution in [1.82, 2.24) is 9.73 Å². The van der Waals surface area contributed by atoms with E-state index < -0.39 is 15.9 Å². The number of nitrogens with zero attached hydrogens (tertiary/aromatic N) is 2. The summed E-state index contributed by atoms with van der Waals surface area (Å²) in [5.41, 5.74) is 3.16. The number of amides is 1. The van der Waals surface area contributed by atoms with Gasteiger partial charge in [-0.05, 0) is 48.2 Å². The average Bonchev–Trinajstić information content (AvgIpc) is 2.68. The number of likely N-dealkylation sites (N-methyl/N-ethyl adjacent to an activating group) is 1. The van der Waals surface area contributed by atoms with Gasteiger partial charge in [-0.3, -0.25) is 4.79 Å². The molecular formula is C18H21N3O4S2. The molecule has 2 rings (SSSR count). The van der Waals surface area contributed by atoms with Crippen molar-refractivity contribution in [2.24, 2.45) is 5.10 Å². The minimum Gasteiger partial charge on any atom is -0.497 e. The van der Waals surface area contributed by atoms with Gasteiger partial charge in [0.2, 0.25) is 10.0 Å². The van der Waals surface area contributed by atoms with E-state index in [4.69, 9.17) is 4.74 Å². The van der Waals surface area contributed by atoms with Crippen molar-refractivity contribution < 1.29 is 17.9 Å². The lowest BCUT2D eigenvalue weighted by Crippen LogP contribution is -2.36. The second-order valence-corrected chi connectivity index (χ2v) is 8.43. The summed E-state index contributed by atoms with van der Waals surface area (Å²) in [6.07, 6.45) is 3.49. The molecule has 1 amide bonds. The quantitative estimate of drug-likeness (QED) is 0.412. The molecule has 0 radical (unpaired) electrons. The number of sulfonamides is 1. The van der Waals surface area contributed by atoms with Gasteiger partial charge in [0.1, 0.15) is 5.75 Å². The summed E-state index contributed by atoms with van der Waals surface area (Å²) in [6, 6.07) is 13.6. The first-order valence-electron chi connectivity index (χ1n) is 7.93. The number of hydrogen-bond donors (Lipinski definition) is 1. The van der Waals surface area contributed by atoms with Crippen LogP contribution in [0.4, 0.5) is 0 Å². The van der Waals surface area contributed by atoms with E-state index >= 15 is 0 Å². The molecule has 144 valence electrons. The average molecular weight is 408 g/mol. The summed E-state index contributed by atoms with van der Waals surface area (Å²) in [6.45, 7) is -0.350. The van der Waals surface area contributed by atoms with Gasteiger partial charge in [-0.25, -0.2) is 13.8 Å². The topological polar surface area (TPSA) is 88.1 Å². The van der Waals surface area contributed by atoms with Crippen molar-refractivity contribution in [3.63, 3.8) is 0 Å². The van der Waals surface area contributed by atoms with Gasteiger partial charge in [-0.15, -0.1) is 11.8 Å². The summed E-state index contributed by atoms with van der Waals surface area (Å²) in [5, 5.41) is 3.86. The van der Waals surface area contributed by atoms with Crippen LogP contribution in [0, 0.1) is 0 Å². The number of nitrogens with one attached hydrogen (secondary N) is 1. The normalized spacial score (nSPS) is 11.7. The maximum absolute atomic E-state index is 12.5. The highest BCUT2D eigenvalue weighted by Gasteiger charge is 2.22. The predicted molar refractivity (Wildman–Crippen MR) is 107 cm³/mol. The molecule has 0 heterocycles. The van der Waals surface area contributed by atoms with Crippen LogP contribution in [0.1, 0.15) is 5.56 Å². The molecule has 0 saturated heterocycles. The molecule has 0 atom stereocenters. The number of thioether (sulfide) groups is 1. The summed E-state index contributed by atoms with van der Waals surface area (Å²) in [4.78, 5) is 13.2. The molecule has 2 aromatic rings. The maximum Gasteiger partial charge on any atom is 0.255 e. The van der Waals surface area contributed by atoms with Crippen LogP contribution in [0.25, 0.3) is 0 Å². The summed E-state index contributed by atoms with van der Waals surface area (Å²) in [7, 11) is -0.946. The Labute approximate surface area is 163 Å². The van der Waals surface area contributed by atoms with Crippen molar-refractivity contribution in [3.8, 4) is 5.75 Å². The molecule has 7 nitrogen and oxygen atoms in total. The fourth-order valence-electron chi connectivity index (χ4n) is 2.12. The molecule has 0 saturated carbocycles. The van der Waals surface area contributed by atoms with E-state index in [1.807, 2.05) is 30.5 Å². The number of hydrogen-bond acceptors (Lipinski definition) is 6. The number of methoxy groups -OCH3 is 1. The van der Waals surface area contributed by atoms with Gasteiger partial charge in [-0.1, -0.05) is 12.1 Å². The Kier molecular flexibility index (Phi) is 7.40. The first-order chi connectivity index (χ1) is 12.9. The van der Waals surface area contributed by atoms with Crippen LogP contribution in [0.2, 0.25) is 0 Å². The van der Waals surface area contributed by atoms with Crippen molar-refractivity contribution >= 4 is 33.9 Å². The molecule has 0 bridgehead atoms. The lowest BCUT2D eigenvalue weighted by molar-refractivity contribution is -0.121. The van der Waals surface area contributed by atoms with Crippen LogP contribution in [-0.2, 0) is 14.8 Å². The smallest absolute Gasteiger partial charge is 0.255 e. The molecule has 0 aliphatic rings. The highest BCUT2D eigenvalue weighted by molar-refractivity contribution is 7.98. The van der Waals surface area contributed by atoms with E-state index in [0.29, 0.717) is 5.75 Å². The predicted octanol–water partition coefficient (Wildman–Crippen LogP) is 2.19. The molecule has 2 aromatic carbocycles. The van der Waals surface area contributed by atoms with E-state index in [9.17, 15) is 13.2 Å². The number of rotatable bonds is 8. The van der Waals surface area contributed by atoms with Crippen LogP contribution < -0.4 is 10.2 Å². The molecule has 27 heavy (non-hydrogen) atoms. The van der Waals surface area contributed by atoms with Gasteiger partial charge < -0.3 is 4.74 Å². The second-order valence-electron chi connectivity index (χ2n) is 5.50. The number of hydrazone groups is 1. The number of carbonyl (C=O) groups is 1. The van der Waals surface area contributed by atoms with Gasteiger partial charge in [0.25, 0.3) is 5.91 Å². The van der Waals surface area contributed by atoms with Crippen molar-refractivity contribution in [3.05, 3.63) is 54.1 Å². The molecule has 0 unspecified atom stereocenters. The Hall–Kier alpha value is -2.36. The fraction of sp³-hybridized carbons (Fsp3) is 0.222. The largest absolute Gasteiger partial charge is 0.497 e. The number of benzene rings is 2. The number of carbonyl (C=O) groups excluding carboxylic acids is 1. The van der Waals surface area contributed by atoms with Crippen LogP contribution in [0.5, 0.6) is 5.75 Å². The van der Waals surface area contributed by atoms with E-state index in [1.165, 1.54) is 32.5 Å². The first-order valence-corrected chi connectivity index (χ1v) is 10.6. The standard InChI is InChI=1S/C18H21N3O4S2/c1-21(27(23,24)17-10-6-15(25-2)7-11-17)13-18(22)20-19-12-14-4-8-16(26-3)9-5-14/h4-12H,13H2,1-3H3,(H,20,22)/b19-12-. The summed E-state index contributed by atoms with van der Waals surface area (Å²) < 4.78 is 31.0. The van der Waals surface area contributed by atoms with E-state index in [2.05, 4.69) is 10.5 Å². The van der Waals surface area contributed by atoms with Gasteiger partial charge in [0.05, 0.1) is 24.8 Å². The second kappa shape index (κ2) is 9.54. The van der Waals surface area contributed by atoms with Gasteiger partial charge >= 0.3 is 0 Å². The van der Waals surface area contributed by atoms with Crippen LogP contribution in [0.15, 0.2) is 63.4 Å². The zero-order chi connectivity index (χ0) is 19.9. The monoisotopic (exact) mass is 407 g/mol. The zero-order valence-corrected chi connectivity index (χ0v) is 16.9. The molecule has 0 spiro atoms. The molecule has 0 aromatic heterocycles. The SMILES string of the molecule is COc1ccc(S(=O)(=O)N(C)CC(=O)N/N=C\c2ccc(SC)cc2)cc1. The van der Waals surface area contributed by atoms with Crippen molar-refractivity contribution in [1.29, 1.82) is 0 Å². The summed E-state index contributed by atoms with van der Waals surface area (Å²) in [5.74, 6) is 0.0146.